The fraction of sp³-hybridized carbons (Fsp3) is 0.375. The molecule has 0 saturated carbocycles. The molecule has 1 unspecified atom stereocenters. The average Bonchev–Trinajstić information content (AvgIpc) is 2.75. The Bertz CT molecular complexity index is 838. The van der Waals surface area contributed by atoms with Crippen LogP contribution in [0.3, 0.4) is 0 Å². The van der Waals surface area contributed by atoms with Crippen LogP contribution < -0.4 is 5.32 Å². The molecule has 1 amide bonds. The third-order valence-electron chi connectivity index (χ3n) is 4.86. The molecule has 0 radical (unpaired) electrons. The molecule has 1 atom stereocenters. The predicted octanol–water partition coefficient (Wildman–Crippen LogP) is 3.99. The van der Waals surface area contributed by atoms with Gasteiger partial charge in [0.15, 0.2) is 12.4 Å². The van der Waals surface area contributed by atoms with Crippen molar-refractivity contribution in [3.05, 3.63) is 70.8 Å². The molecule has 0 fully saturated rings. The number of nitrogens with one attached hydrogen (secondary N) is 1. The Balaban J connectivity index is 1.97. The lowest BCUT2D eigenvalue weighted by atomic mass is 10.0. The van der Waals surface area contributed by atoms with E-state index in [-0.39, 0.29) is 24.2 Å². The van der Waals surface area contributed by atoms with Gasteiger partial charge in [0, 0.05) is 11.1 Å². The van der Waals surface area contributed by atoms with Crippen molar-refractivity contribution in [2.45, 2.75) is 46.6 Å². The maximum Gasteiger partial charge on any atom is 0.329 e. The number of aryl methyl sites for hydroxylation is 2. The lowest BCUT2D eigenvalue weighted by molar-refractivity contribution is -0.145. The summed E-state index contributed by atoms with van der Waals surface area (Å²) in [6.07, 6.45) is 1.78. The van der Waals surface area contributed by atoms with Gasteiger partial charge in [-0.3, -0.25) is 9.59 Å². The van der Waals surface area contributed by atoms with Gasteiger partial charge in [-0.05, 0) is 42.0 Å². The number of Topliss-reactive ketones (excluding diaryl/α,β-unsaturated/α-hetero) is 1. The molecule has 0 heterocycles. The lowest BCUT2D eigenvalue weighted by Gasteiger charge is -2.20. The Morgan fingerprint density at radius 3 is 1.76 bits per heavy atom. The first kappa shape index (κ1) is 22.3. The van der Waals surface area contributed by atoms with Crippen molar-refractivity contribution in [3.63, 3.8) is 0 Å². The van der Waals surface area contributed by atoms with E-state index in [1.165, 1.54) is 0 Å². The first-order valence-corrected chi connectivity index (χ1v) is 10.0. The van der Waals surface area contributed by atoms with Crippen LogP contribution in [0.1, 0.15) is 59.5 Å². The maximum absolute atomic E-state index is 12.5. The van der Waals surface area contributed by atoms with E-state index in [1.54, 1.807) is 24.3 Å². The normalized spacial score (nSPS) is 11.8. The Morgan fingerprint density at radius 1 is 0.828 bits per heavy atom. The first-order valence-electron chi connectivity index (χ1n) is 10.0. The van der Waals surface area contributed by atoms with Gasteiger partial charge in [-0.2, -0.15) is 0 Å². The second-order valence-electron chi connectivity index (χ2n) is 7.33. The third kappa shape index (κ3) is 6.28. The van der Waals surface area contributed by atoms with Gasteiger partial charge in [0.05, 0.1) is 0 Å². The first-order chi connectivity index (χ1) is 13.8. The highest BCUT2D eigenvalue weighted by molar-refractivity contribution is 5.99. The average molecular weight is 395 g/mol. The third-order valence-corrected chi connectivity index (χ3v) is 4.86. The molecule has 0 aromatic heterocycles. The van der Waals surface area contributed by atoms with Gasteiger partial charge in [0.25, 0.3) is 5.91 Å². The minimum atomic E-state index is -0.830. The Morgan fingerprint density at radius 2 is 1.31 bits per heavy atom. The van der Waals surface area contributed by atoms with Crippen molar-refractivity contribution in [1.82, 2.24) is 5.32 Å². The van der Waals surface area contributed by atoms with Crippen LogP contribution in [0.5, 0.6) is 0 Å². The summed E-state index contributed by atoms with van der Waals surface area (Å²) in [5.74, 6) is -1.41. The summed E-state index contributed by atoms with van der Waals surface area (Å²) in [5.41, 5.74) is 3.24. The molecule has 0 aliphatic heterocycles. The fourth-order valence-electron chi connectivity index (χ4n) is 2.85. The standard InChI is InChI=1S/C24H29NO4/c1-5-17-7-11-19(12-8-17)21(26)15-29-24(28)22(16(3)4)25-23(27)20-13-9-18(6-2)10-14-20/h7-14,16,22H,5-6,15H2,1-4H3,(H,25,27). The van der Waals surface area contributed by atoms with Crippen molar-refractivity contribution in [2.75, 3.05) is 6.61 Å². The quantitative estimate of drug-likeness (QED) is 0.515. The number of amides is 1. The highest BCUT2D eigenvalue weighted by Gasteiger charge is 2.27. The smallest absolute Gasteiger partial charge is 0.329 e. The van der Waals surface area contributed by atoms with E-state index < -0.39 is 12.0 Å². The number of carbonyl (C=O) groups excluding carboxylic acids is 3. The summed E-state index contributed by atoms with van der Waals surface area (Å²) in [7, 11) is 0. The second-order valence-corrected chi connectivity index (χ2v) is 7.33. The topological polar surface area (TPSA) is 72.5 Å². The van der Waals surface area contributed by atoms with Gasteiger partial charge in [0.1, 0.15) is 6.04 Å². The van der Waals surface area contributed by atoms with Crippen molar-refractivity contribution in [1.29, 1.82) is 0 Å². The molecular formula is C24H29NO4. The zero-order valence-electron chi connectivity index (χ0n) is 17.5. The Labute approximate surface area is 172 Å². The summed E-state index contributed by atoms with van der Waals surface area (Å²) in [5, 5.41) is 2.72. The molecule has 5 heteroatoms. The molecular weight excluding hydrogens is 366 g/mol. The van der Waals surface area contributed by atoms with E-state index in [1.807, 2.05) is 52.0 Å². The summed E-state index contributed by atoms with van der Waals surface area (Å²) < 4.78 is 5.21. The van der Waals surface area contributed by atoms with Crippen LogP contribution in [0.2, 0.25) is 0 Å². The number of hydrogen-bond donors (Lipinski definition) is 1. The van der Waals surface area contributed by atoms with Crippen LogP contribution in [-0.4, -0.2) is 30.3 Å². The summed E-state index contributed by atoms with van der Waals surface area (Å²) >= 11 is 0. The molecule has 154 valence electrons. The van der Waals surface area contributed by atoms with Gasteiger partial charge >= 0.3 is 5.97 Å². The summed E-state index contributed by atoms with van der Waals surface area (Å²) in [6.45, 7) is 7.36. The molecule has 29 heavy (non-hydrogen) atoms. The van der Waals surface area contributed by atoms with Crippen molar-refractivity contribution >= 4 is 17.7 Å². The number of carbonyl (C=O) groups is 3. The largest absolute Gasteiger partial charge is 0.456 e. The summed E-state index contributed by atoms with van der Waals surface area (Å²) in [6, 6.07) is 13.7. The van der Waals surface area contributed by atoms with Crippen LogP contribution in [0.15, 0.2) is 48.5 Å². The van der Waals surface area contributed by atoms with Gasteiger partial charge in [-0.1, -0.05) is 64.1 Å². The molecule has 2 rings (SSSR count). The van der Waals surface area contributed by atoms with E-state index in [4.69, 9.17) is 4.74 Å². The number of rotatable bonds is 9. The molecule has 0 aliphatic rings. The van der Waals surface area contributed by atoms with E-state index in [9.17, 15) is 14.4 Å². The minimum Gasteiger partial charge on any atom is -0.456 e. The van der Waals surface area contributed by atoms with Crippen LogP contribution in [0.25, 0.3) is 0 Å². The molecule has 2 aromatic rings. The van der Waals surface area contributed by atoms with Crippen molar-refractivity contribution < 1.29 is 19.1 Å². The fourth-order valence-corrected chi connectivity index (χ4v) is 2.85. The second kappa shape index (κ2) is 10.6. The SMILES string of the molecule is CCc1ccc(C(=O)COC(=O)C(NC(=O)c2ccc(CC)cc2)C(C)C)cc1. The van der Waals surface area contributed by atoms with Crippen molar-refractivity contribution in [2.24, 2.45) is 5.92 Å². The molecule has 0 aliphatic carbocycles. The van der Waals surface area contributed by atoms with Crippen molar-refractivity contribution in [3.8, 4) is 0 Å². The Kier molecular flexibility index (Phi) is 8.13. The van der Waals surface area contributed by atoms with E-state index >= 15 is 0 Å². The monoisotopic (exact) mass is 395 g/mol. The van der Waals surface area contributed by atoms with Crippen LogP contribution in [-0.2, 0) is 22.4 Å². The number of benzene rings is 2. The molecule has 2 aromatic carbocycles. The number of esters is 1. The number of hydrogen-bond acceptors (Lipinski definition) is 4. The zero-order chi connectivity index (χ0) is 21.4. The molecule has 5 nitrogen and oxygen atoms in total. The van der Waals surface area contributed by atoms with E-state index in [0.717, 1.165) is 24.0 Å². The minimum absolute atomic E-state index is 0.180. The number of ether oxygens (including phenoxy) is 1. The Hall–Kier alpha value is -2.95. The van der Waals surface area contributed by atoms with Gasteiger partial charge in [-0.25, -0.2) is 4.79 Å². The van der Waals surface area contributed by atoms with Gasteiger partial charge in [0.2, 0.25) is 0 Å². The molecule has 0 spiro atoms. The van der Waals surface area contributed by atoms with E-state index in [2.05, 4.69) is 5.32 Å². The zero-order valence-corrected chi connectivity index (χ0v) is 17.5. The highest BCUT2D eigenvalue weighted by atomic mass is 16.5. The van der Waals surface area contributed by atoms with Crippen LogP contribution >= 0.6 is 0 Å². The molecule has 1 N–H and O–H groups in total. The van der Waals surface area contributed by atoms with Crippen LogP contribution in [0, 0.1) is 5.92 Å². The van der Waals surface area contributed by atoms with Gasteiger partial charge < -0.3 is 10.1 Å². The predicted molar refractivity (Wildman–Crippen MR) is 113 cm³/mol. The number of ketones is 1. The van der Waals surface area contributed by atoms with E-state index in [0.29, 0.717) is 11.1 Å². The highest BCUT2D eigenvalue weighted by Crippen LogP contribution is 2.10. The summed E-state index contributed by atoms with van der Waals surface area (Å²) in [4.78, 5) is 37.3. The van der Waals surface area contributed by atoms with Crippen LogP contribution in [0.4, 0.5) is 0 Å². The maximum atomic E-state index is 12.5. The lowest BCUT2D eigenvalue weighted by Crippen LogP contribution is -2.45. The molecule has 0 saturated heterocycles. The van der Waals surface area contributed by atoms with Gasteiger partial charge in [-0.15, -0.1) is 0 Å². The molecule has 0 bridgehead atoms.